The second kappa shape index (κ2) is 3.03. The van der Waals surface area contributed by atoms with Crippen LogP contribution >= 0.6 is 40.2 Å². The Labute approximate surface area is 78.1 Å². The maximum absolute atomic E-state index is 5.68. The molecule has 0 aliphatic heterocycles. The van der Waals surface area contributed by atoms with Gasteiger partial charge in [-0.1, -0.05) is 11.6 Å². The molecule has 0 amide bonds. The minimum Gasteiger partial charge on any atom is -0.398 e. The van der Waals surface area contributed by atoms with E-state index in [0.29, 0.717) is 10.7 Å². The summed E-state index contributed by atoms with van der Waals surface area (Å²) in [6.07, 6.45) is 0. The molecule has 0 bridgehead atoms. The van der Waals surface area contributed by atoms with Gasteiger partial charge in [-0.3, -0.25) is 0 Å². The molecule has 54 valence electrons. The van der Waals surface area contributed by atoms with Crippen molar-refractivity contribution in [2.75, 3.05) is 5.73 Å². The number of rotatable bonds is 0. The van der Waals surface area contributed by atoms with Gasteiger partial charge in [-0.05, 0) is 28.1 Å². The molecule has 0 radical (unpaired) electrons. The number of anilines is 1. The molecule has 0 aliphatic rings. The summed E-state index contributed by atoms with van der Waals surface area (Å²) in [5.74, 6) is 0. The first-order valence-corrected chi connectivity index (χ1v) is 4.16. The van der Waals surface area contributed by atoms with Crippen molar-refractivity contribution in [3.63, 3.8) is 0 Å². The molecule has 0 saturated carbocycles. The Kier molecular flexibility index (Phi) is 2.50. The second-order valence-corrected chi connectivity index (χ2v) is 3.56. The normalized spacial score (nSPS) is 9.90. The first kappa shape index (κ1) is 8.24. The quantitative estimate of drug-likeness (QED) is 0.527. The monoisotopic (exact) mass is 237 g/mol. The van der Waals surface area contributed by atoms with Crippen LogP contribution in [-0.2, 0) is 0 Å². The molecule has 2 N–H and O–H groups in total. The van der Waals surface area contributed by atoms with Gasteiger partial charge in [-0.25, -0.2) is 0 Å². The molecule has 1 aromatic rings. The van der Waals surface area contributed by atoms with E-state index in [1.165, 1.54) is 0 Å². The highest BCUT2D eigenvalue weighted by Crippen LogP contribution is 2.29. The fourth-order valence-corrected chi connectivity index (χ4v) is 1.55. The van der Waals surface area contributed by atoms with E-state index in [4.69, 9.17) is 17.3 Å². The van der Waals surface area contributed by atoms with Crippen LogP contribution in [0.2, 0.25) is 5.02 Å². The van der Waals surface area contributed by atoms with Gasteiger partial charge >= 0.3 is 0 Å². The first-order chi connectivity index (χ1) is 4.61. The van der Waals surface area contributed by atoms with Gasteiger partial charge in [-0.15, -0.1) is 12.6 Å². The molecule has 0 aliphatic carbocycles. The highest BCUT2D eigenvalue weighted by Gasteiger charge is 2.00. The molecule has 0 spiro atoms. The lowest BCUT2D eigenvalue weighted by atomic mass is 10.3. The van der Waals surface area contributed by atoms with E-state index >= 15 is 0 Å². The van der Waals surface area contributed by atoms with Crippen molar-refractivity contribution in [2.24, 2.45) is 0 Å². The Hall–Kier alpha value is 0.140. The maximum atomic E-state index is 5.68. The Morgan fingerprint density at radius 1 is 1.50 bits per heavy atom. The van der Waals surface area contributed by atoms with E-state index in [-0.39, 0.29) is 0 Å². The van der Waals surface area contributed by atoms with Crippen LogP contribution in [0.5, 0.6) is 0 Å². The molecule has 0 fully saturated rings. The van der Waals surface area contributed by atoms with Crippen LogP contribution in [0.15, 0.2) is 21.5 Å². The summed E-state index contributed by atoms with van der Waals surface area (Å²) >= 11 is 13.1. The van der Waals surface area contributed by atoms with Gasteiger partial charge in [-0.2, -0.15) is 0 Å². The molecule has 1 rings (SSSR count). The number of thiol groups is 1. The van der Waals surface area contributed by atoms with E-state index in [9.17, 15) is 0 Å². The molecule has 0 saturated heterocycles. The largest absolute Gasteiger partial charge is 0.398 e. The molecule has 0 unspecified atom stereocenters. The molecule has 0 atom stereocenters. The van der Waals surface area contributed by atoms with Gasteiger partial charge in [0.2, 0.25) is 0 Å². The van der Waals surface area contributed by atoms with Crippen LogP contribution in [0.3, 0.4) is 0 Å². The van der Waals surface area contributed by atoms with Gasteiger partial charge in [0.15, 0.2) is 0 Å². The molecular formula is C6H5BrClNS. The molecule has 10 heavy (non-hydrogen) atoms. The third-order valence-electron chi connectivity index (χ3n) is 1.06. The molecule has 1 nitrogen and oxygen atoms in total. The summed E-state index contributed by atoms with van der Waals surface area (Å²) in [5.41, 5.74) is 6.12. The number of benzene rings is 1. The minimum atomic E-state index is 0.586. The van der Waals surface area contributed by atoms with Crippen molar-refractivity contribution in [2.45, 2.75) is 4.90 Å². The van der Waals surface area contributed by atoms with Crippen LogP contribution in [0.25, 0.3) is 0 Å². The summed E-state index contributed by atoms with van der Waals surface area (Å²) in [7, 11) is 0. The number of hydrogen-bond donors (Lipinski definition) is 2. The smallest absolute Gasteiger partial charge is 0.0476 e. The SMILES string of the molecule is Nc1cc(Cl)cc(Br)c1S. The van der Waals surface area contributed by atoms with Crippen LogP contribution in [0.4, 0.5) is 5.69 Å². The van der Waals surface area contributed by atoms with E-state index in [1.807, 2.05) is 0 Å². The fraction of sp³-hybridized carbons (Fsp3) is 0. The third kappa shape index (κ3) is 1.59. The van der Waals surface area contributed by atoms with Gasteiger partial charge < -0.3 is 5.73 Å². The van der Waals surface area contributed by atoms with Crippen molar-refractivity contribution < 1.29 is 0 Å². The van der Waals surface area contributed by atoms with Crippen LogP contribution in [-0.4, -0.2) is 0 Å². The summed E-state index contributed by atoms with van der Waals surface area (Å²) in [4.78, 5) is 0.726. The highest BCUT2D eigenvalue weighted by molar-refractivity contribution is 9.10. The molecule has 1 aromatic carbocycles. The third-order valence-corrected chi connectivity index (χ3v) is 2.71. The number of nitrogen functional groups attached to an aromatic ring is 1. The zero-order valence-electron chi connectivity index (χ0n) is 4.94. The average Bonchev–Trinajstić information content (AvgIpc) is 1.82. The van der Waals surface area contributed by atoms with Gasteiger partial charge in [0.05, 0.1) is 0 Å². The molecule has 0 heterocycles. The zero-order valence-corrected chi connectivity index (χ0v) is 8.17. The van der Waals surface area contributed by atoms with Crippen molar-refractivity contribution >= 4 is 45.8 Å². The summed E-state index contributed by atoms with van der Waals surface area (Å²) < 4.78 is 0.820. The summed E-state index contributed by atoms with van der Waals surface area (Å²) in [5, 5.41) is 0.613. The van der Waals surface area contributed by atoms with Gasteiger partial charge in [0.1, 0.15) is 0 Å². The van der Waals surface area contributed by atoms with E-state index in [0.717, 1.165) is 9.37 Å². The Morgan fingerprint density at radius 2 is 2.10 bits per heavy atom. The lowest BCUT2D eigenvalue weighted by Gasteiger charge is -2.01. The maximum Gasteiger partial charge on any atom is 0.0476 e. The Bertz CT molecular complexity index is 241. The standard InChI is InChI=1S/C6H5BrClNS/c7-4-1-3(8)2-5(9)6(4)10/h1-2,10H,9H2. The predicted molar refractivity (Wildman–Crippen MR) is 50.8 cm³/mol. The van der Waals surface area contributed by atoms with E-state index in [2.05, 4.69) is 28.6 Å². The second-order valence-electron chi connectivity index (χ2n) is 1.83. The van der Waals surface area contributed by atoms with Crippen LogP contribution < -0.4 is 5.73 Å². The number of hydrogen-bond acceptors (Lipinski definition) is 2. The fourth-order valence-electron chi connectivity index (χ4n) is 0.586. The summed E-state index contributed by atoms with van der Waals surface area (Å²) in [6, 6.07) is 3.41. The van der Waals surface area contributed by atoms with E-state index < -0.39 is 0 Å². The van der Waals surface area contributed by atoms with E-state index in [1.54, 1.807) is 12.1 Å². The number of nitrogens with two attached hydrogens (primary N) is 1. The zero-order chi connectivity index (χ0) is 7.72. The van der Waals surface area contributed by atoms with Gasteiger partial charge in [0.25, 0.3) is 0 Å². The van der Waals surface area contributed by atoms with Crippen LogP contribution in [0, 0.1) is 0 Å². The highest BCUT2D eigenvalue weighted by atomic mass is 79.9. The minimum absolute atomic E-state index is 0.586. The topological polar surface area (TPSA) is 26.0 Å². The van der Waals surface area contributed by atoms with Crippen molar-refractivity contribution in [1.82, 2.24) is 0 Å². The lowest BCUT2D eigenvalue weighted by molar-refractivity contribution is 1.42. The molecular weight excluding hydrogens is 233 g/mol. The molecule has 0 aromatic heterocycles. The summed E-state index contributed by atoms with van der Waals surface area (Å²) in [6.45, 7) is 0. The molecule has 4 heteroatoms. The van der Waals surface area contributed by atoms with Crippen LogP contribution in [0.1, 0.15) is 0 Å². The van der Waals surface area contributed by atoms with Crippen molar-refractivity contribution in [1.29, 1.82) is 0 Å². The number of halogens is 2. The lowest BCUT2D eigenvalue weighted by Crippen LogP contribution is -1.86. The van der Waals surface area contributed by atoms with Gasteiger partial charge in [0, 0.05) is 20.1 Å². The van der Waals surface area contributed by atoms with Crippen molar-refractivity contribution in [3.05, 3.63) is 21.6 Å². The Balaban J connectivity index is 3.31. The first-order valence-electron chi connectivity index (χ1n) is 2.54. The predicted octanol–water partition coefficient (Wildman–Crippen LogP) is 2.97. The Morgan fingerprint density at radius 3 is 2.60 bits per heavy atom. The average molecular weight is 239 g/mol. The van der Waals surface area contributed by atoms with Crippen molar-refractivity contribution in [3.8, 4) is 0 Å².